The van der Waals surface area contributed by atoms with Gasteiger partial charge in [0.1, 0.15) is 19.0 Å². The number of carbonyl (C=O) groups is 1. The van der Waals surface area contributed by atoms with Crippen LogP contribution < -0.4 is 4.74 Å². The zero-order valence-corrected chi connectivity index (χ0v) is 9.67. The largest absolute Gasteiger partial charge is 0.486 e. The van der Waals surface area contributed by atoms with Gasteiger partial charge in [-0.25, -0.2) is 0 Å². The van der Waals surface area contributed by atoms with Gasteiger partial charge < -0.3 is 9.47 Å². The highest BCUT2D eigenvalue weighted by Crippen LogP contribution is 2.18. The van der Waals surface area contributed by atoms with E-state index in [4.69, 9.17) is 9.47 Å². The SMILES string of the molecule is COCC(=O)COc1ccc(SC)cc1. The van der Waals surface area contributed by atoms with E-state index in [9.17, 15) is 4.79 Å². The van der Waals surface area contributed by atoms with Crippen LogP contribution in [0.1, 0.15) is 0 Å². The maximum atomic E-state index is 11.1. The molecule has 0 aliphatic carbocycles. The van der Waals surface area contributed by atoms with Crippen molar-refractivity contribution in [2.24, 2.45) is 0 Å². The molecule has 1 aromatic rings. The molecule has 82 valence electrons. The van der Waals surface area contributed by atoms with Crippen molar-refractivity contribution in [1.82, 2.24) is 0 Å². The number of rotatable bonds is 6. The van der Waals surface area contributed by atoms with Crippen molar-refractivity contribution in [2.45, 2.75) is 4.90 Å². The van der Waals surface area contributed by atoms with Crippen LogP contribution >= 0.6 is 11.8 Å². The fourth-order valence-corrected chi connectivity index (χ4v) is 1.45. The molecule has 0 aliphatic rings. The van der Waals surface area contributed by atoms with Crippen molar-refractivity contribution in [3.8, 4) is 5.75 Å². The summed E-state index contributed by atoms with van der Waals surface area (Å²) in [6, 6.07) is 7.62. The van der Waals surface area contributed by atoms with Crippen molar-refractivity contribution in [3.63, 3.8) is 0 Å². The molecule has 0 aromatic heterocycles. The minimum absolute atomic E-state index is 0.0620. The highest BCUT2D eigenvalue weighted by molar-refractivity contribution is 7.98. The molecule has 0 radical (unpaired) electrons. The first kappa shape index (κ1) is 12.1. The Morgan fingerprint density at radius 2 is 1.93 bits per heavy atom. The van der Waals surface area contributed by atoms with Crippen LogP contribution in [0.15, 0.2) is 29.2 Å². The standard InChI is InChI=1S/C11H14O3S/c1-13-7-9(12)8-14-10-3-5-11(15-2)6-4-10/h3-6H,7-8H2,1-2H3. The molecule has 4 heteroatoms. The minimum Gasteiger partial charge on any atom is -0.486 e. The van der Waals surface area contributed by atoms with E-state index in [0.717, 1.165) is 0 Å². The predicted octanol–water partition coefficient (Wildman–Crippen LogP) is 2.00. The maximum Gasteiger partial charge on any atom is 0.195 e. The molecule has 1 rings (SSSR count). The van der Waals surface area contributed by atoms with Gasteiger partial charge in [-0.15, -0.1) is 11.8 Å². The Morgan fingerprint density at radius 3 is 2.47 bits per heavy atom. The van der Waals surface area contributed by atoms with Gasteiger partial charge in [0.15, 0.2) is 5.78 Å². The number of ether oxygens (including phenoxy) is 2. The van der Waals surface area contributed by atoms with E-state index in [1.54, 1.807) is 11.8 Å². The fourth-order valence-electron chi connectivity index (χ4n) is 1.04. The van der Waals surface area contributed by atoms with Crippen molar-refractivity contribution < 1.29 is 14.3 Å². The molecule has 1 aromatic carbocycles. The van der Waals surface area contributed by atoms with Crippen molar-refractivity contribution in [2.75, 3.05) is 26.6 Å². The van der Waals surface area contributed by atoms with Gasteiger partial charge in [-0.05, 0) is 30.5 Å². The molecule has 0 fully saturated rings. The fraction of sp³-hybridized carbons (Fsp3) is 0.364. The van der Waals surface area contributed by atoms with Crippen LogP contribution in [0.4, 0.5) is 0 Å². The highest BCUT2D eigenvalue weighted by atomic mass is 32.2. The van der Waals surface area contributed by atoms with Crippen molar-refractivity contribution in [3.05, 3.63) is 24.3 Å². The third-order valence-corrected chi connectivity index (χ3v) is 2.51. The van der Waals surface area contributed by atoms with Crippen molar-refractivity contribution >= 4 is 17.5 Å². The van der Waals surface area contributed by atoms with Gasteiger partial charge in [0, 0.05) is 12.0 Å². The summed E-state index contributed by atoms with van der Waals surface area (Å²) in [5, 5.41) is 0. The second kappa shape index (κ2) is 6.48. The lowest BCUT2D eigenvalue weighted by Gasteiger charge is -2.05. The molecule has 0 bridgehead atoms. The summed E-state index contributed by atoms with van der Waals surface area (Å²) >= 11 is 1.67. The number of ketones is 1. The number of benzene rings is 1. The summed E-state index contributed by atoms with van der Waals surface area (Å²) in [4.78, 5) is 12.3. The van der Waals surface area contributed by atoms with Gasteiger partial charge in [0.25, 0.3) is 0 Å². The van der Waals surface area contributed by atoms with Crippen molar-refractivity contribution in [1.29, 1.82) is 0 Å². The van der Waals surface area contributed by atoms with Gasteiger partial charge in [0.2, 0.25) is 0 Å². The molecule has 0 spiro atoms. The lowest BCUT2D eigenvalue weighted by atomic mass is 10.3. The molecule has 3 nitrogen and oxygen atoms in total. The van der Waals surface area contributed by atoms with Crippen LogP contribution in [-0.2, 0) is 9.53 Å². The average molecular weight is 226 g/mol. The molecule has 0 heterocycles. The summed E-state index contributed by atoms with van der Waals surface area (Å²) in [7, 11) is 1.49. The van der Waals surface area contributed by atoms with E-state index in [1.807, 2.05) is 30.5 Å². The number of thioether (sulfide) groups is 1. The number of Topliss-reactive ketones (excluding diaryl/α,β-unsaturated/α-hetero) is 1. The molecule has 0 aliphatic heterocycles. The maximum absolute atomic E-state index is 11.1. The predicted molar refractivity (Wildman–Crippen MR) is 60.6 cm³/mol. The van der Waals surface area contributed by atoms with Gasteiger partial charge in [-0.1, -0.05) is 0 Å². The van der Waals surface area contributed by atoms with Crippen LogP contribution in [-0.4, -0.2) is 32.4 Å². The Hall–Kier alpha value is -1.00. The van der Waals surface area contributed by atoms with E-state index in [2.05, 4.69) is 0 Å². The van der Waals surface area contributed by atoms with E-state index in [1.165, 1.54) is 12.0 Å². The number of hydrogen-bond acceptors (Lipinski definition) is 4. The quantitative estimate of drug-likeness (QED) is 0.695. The normalized spacial score (nSPS) is 10.0. The zero-order valence-electron chi connectivity index (χ0n) is 8.86. The van der Waals surface area contributed by atoms with Crippen LogP contribution in [0.25, 0.3) is 0 Å². The van der Waals surface area contributed by atoms with Gasteiger partial charge in [-0.2, -0.15) is 0 Å². The Morgan fingerprint density at radius 1 is 1.27 bits per heavy atom. The van der Waals surface area contributed by atoms with Crippen LogP contribution in [0.5, 0.6) is 5.75 Å². The monoisotopic (exact) mass is 226 g/mol. The van der Waals surface area contributed by atoms with E-state index in [-0.39, 0.29) is 19.0 Å². The molecule has 0 N–H and O–H groups in total. The zero-order chi connectivity index (χ0) is 11.1. The molecular weight excluding hydrogens is 212 g/mol. The average Bonchev–Trinajstić information content (AvgIpc) is 2.27. The molecular formula is C11H14O3S. The third-order valence-electron chi connectivity index (χ3n) is 1.76. The minimum atomic E-state index is -0.0635. The first-order valence-corrected chi connectivity index (χ1v) is 5.76. The molecule has 0 unspecified atom stereocenters. The molecule has 0 saturated carbocycles. The van der Waals surface area contributed by atoms with Crippen LogP contribution in [0.2, 0.25) is 0 Å². The highest BCUT2D eigenvalue weighted by Gasteiger charge is 2.01. The second-order valence-corrected chi connectivity index (χ2v) is 3.82. The van der Waals surface area contributed by atoms with Gasteiger partial charge >= 0.3 is 0 Å². The lowest BCUT2D eigenvalue weighted by Crippen LogP contribution is -2.16. The summed E-state index contributed by atoms with van der Waals surface area (Å²) < 4.78 is 9.98. The molecule has 0 amide bonds. The number of methoxy groups -OCH3 is 1. The molecule has 0 saturated heterocycles. The topological polar surface area (TPSA) is 35.5 Å². The van der Waals surface area contributed by atoms with Crippen LogP contribution in [0, 0.1) is 0 Å². The Labute approximate surface area is 93.8 Å². The van der Waals surface area contributed by atoms with E-state index in [0.29, 0.717) is 5.75 Å². The summed E-state index contributed by atoms with van der Waals surface area (Å²) in [5.74, 6) is 0.642. The van der Waals surface area contributed by atoms with Crippen LogP contribution in [0.3, 0.4) is 0 Å². The first-order chi connectivity index (χ1) is 7.26. The Bertz CT molecular complexity index is 308. The number of carbonyl (C=O) groups excluding carboxylic acids is 1. The summed E-state index contributed by atoms with van der Waals surface area (Å²) in [5.41, 5.74) is 0. The lowest BCUT2D eigenvalue weighted by molar-refractivity contribution is -0.124. The van der Waals surface area contributed by atoms with E-state index < -0.39 is 0 Å². The summed E-state index contributed by atoms with van der Waals surface area (Å²) in [6.07, 6.45) is 2.01. The number of hydrogen-bond donors (Lipinski definition) is 0. The Balaban J connectivity index is 2.40. The molecule has 15 heavy (non-hydrogen) atoms. The van der Waals surface area contributed by atoms with E-state index >= 15 is 0 Å². The second-order valence-electron chi connectivity index (χ2n) is 2.94. The third kappa shape index (κ3) is 4.36. The Kier molecular flexibility index (Phi) is 5.21. The summed E-state index contributed by atoms with van der Waals surface area (Å²) in [6.45, 7) is 0.162. The smallest absolute Gasteiger partial charge is 0.195 e. The molecule has 0 atom stereocenters. The van der Waals surface area contributed by atoms with Gasteiger partial charge in [0.05, 0.1) is 0 Å². The first-order valence-electron chi connectivity index (χ1n) is 4.53. The van der Waals surface area contributed by atoms with Gasteiger partial charge in [-0.3, -0.25) is 4.79 Å².